The van der Waals surface area contributed by atoms with Crippen LogP contribution in [-0.2, 0) is 33.2 Å². The SMILES string of the molecule is CC/C=C\C/C=C\C/C=C\C/C=C\C/C=C\C/C=C\C/C=C\C/C=C\C/C=C\CCCCCCCCCC(=O)NC(COC1OC(CO)C(OC2OC(CO)C(OC3OC(CO)C(O)C(O)C3O)C(O)C2O)C(O)C1O)C(O)/C=C/CCCCCCCCCCCCCCCCC. The number of amides is 1. The number of carbonyl (C=O) groups is 1. The van der Waals surface area contributed by atoms with Crippen molar-refractivity contribution >= 4 is 5.91 Å². The molecule has 3 rings (SSSR count). The van der Waals surface area contributed by atoms with Gasteiger partial charge in [0.1, 0.15) is 73.2 Å². The van der Waals surface area contributed by atoms with Crippen molar-refractivity contribution in [1.29, 1.82) is 0 Å². The van der Waals surface area contributed by atoms with Crippen LogP contribution in [0.4, 0.5) is 0 Å². The van der Waals surface area contributed by atoms with Crippen LogP contribution >= 0.6 is 0 Å². The quantitative estimate of drug-likeness (QED) is 0.0199. The first kappa shape index (κ1) is 87.4. The topological polar surface area (TPSA) is 307 Å². The van der Waals surface area contributed by atoms with Gasteiger partial charge in [-0.3, -0.25) is 4.79 Å². The Labute approximate surface area is 582 Å². The molecule has 0 radical (unpaired) electrons. The molecule has 3 saturated heterocycles. The van der Waals surface area contributed by atoms with Crippen LogP contribution in [0.5, 0.6) is 0 Å². The van der Waals surface area contributed by atoms with Crippen molar-refractivity contribution in [2.75, 3.05) is 26.4 Å². The summed E-state index contributed by atoms with van der Waals surface area (Å²) in [6.45, 7) is 1.60. The van der Waals surface area contributed by atoms with Gasteiger partial charge in [-0.1, -0.05) is 257 Å². The molecule has 3 aliphatic heterocycles. The third-order valence-electron chi connectivity index (χ3n) is 17.8. The van der Waals surface area contributed by atoms with Gasteiger partial charge in [0.2, 0.25) is 5.91 Å². The van der Waals surface area contributed by atoms with Gasteiger partial charge in [0.05, 0.1) is 38.6 Å². The average molecular weight is 1370 g/mol. The molecule has 0 saturated carbocycles. The minimum absolute atomic E-state index is 0.223. The summed E-state index contributed by atoms with van der Waals surface area (Å²) >= 11 is 0. The van der Waals surface area contributed by atoms with Gasteiger partial charge in [0, 0.05) is 6.42 Å². The predicted molar refractivity (Wildman–Crippen MR) is 383 cm³/mol. The maximum absolute atomic E-state index is 13.4. The summed E-state index contributed by atoms with van der Waals surface area (Å²) < 4.78 is 34.4. The van der Waals surface area contributed by atoms with E-state index in [1.807, 2.05) is 6.08 Å². The maximum Gasteiger partial charge on any atom is 0.220 e. The van der Waals surface area contributed by atoms with Crippen molar-refractivity contribution in [2.24, 2.45) is 0 Å². The minimum Gasteiger partial charge on any atom is -0.394 e. The molecule has 3 aliphatic rings. The number of nitrogens with one attached hydrogen (secondary N) is 1. The van der Waals surface area contributed by atoms with Gasteiger partial charge in [-0.2, -0.15) is 0 Å². The highest BCUT2D eigenvalue weighted by atomic mass is 16.8. The molecule has 0 spiro atoms. The summed E-state index contributed by atoms with van der Waals surface area (Å²) in [5, 5.41) is 121. The first-order chi connectivity index (χ1) is 47.3. The zero-order valence-electron chi connectivity index (χ0n) is 59.0. The Morgan fingerprint density at radius 3 is 1.11 bits per heavy atom. The Bertz CT molecular complexity index is 2230. The van der Waals surface area contributed by atoms with Crippen molar-refractivity contribution in [3.05, 3.63) is 122 Å². The summed E-state index contributed by atoms with van der Waals surface area (Å²) in [6, 6.07) is -0.988. The fraction of sp³-hybridized carbons (Fsp3) is 0.731. The summed E-state index contributed by atoms with van der Waals surface area (Å²) in [4.78, 5) is 13.4. The van der Waals surface area contributed by atoms with Crippen LogP contribution in [0.3, 0.4) is 0 Å². The van der Waals surface area contributed by atoms with Gasteiger partial charge in [-0.05, 0) is 89.9 Å². The molecule has 0 aromatic heterocycles. The molecular formula is C78H131NO18. The molecule has 97 heavy (non-hydrogen) atoms. The van der Waals surface area contributed by atoms with E-state index in [4.69, 9.17) is 28.4 Å². The lowest BCUT2D eigenvalue weighted by Gasteiger charge is -2.48. The lowest BCUT2D eigenvalue weighted by Crippen LogP contribution is -2.66. The number of aliphatic hydroxyl groups excluding tert-OH is 11. The third kappa shape index (κ3) is 38.7. The zero-order chi connectivity index (χ0) is 70.4. The van der Waals surface area contributed by atoms with Crippen LogP contribution in [0.25, 0.3) is 0 Å². The molecule has 19 heteroatoms. The summed E-state index contributed by atoms with van der Waals surface area (Å²) in [6.07, 6.45) is 53.1. The first-order valence-corrected chi connectivity index (χ1v) is 37.3. The van der Waals surface area contributed by atoms with Crippen molar-refractivity contribution in [1.82, 2.24) is 5.32 Å². The molecule has 1 amide bonds. The van der Waals surface area contributed by atoms with E-state index < -0.39 is 124 Å². The average Bonchev–Trinajstić information content (AvgIpc) is 0.792. The highest BCUT2D eigenvalue weighted by molar-refractivity contribution is 5.76. The second kappa shape index (κ2) is 57.8. The Morgan fingerprint density at radius 2 is 0.711 bits per heavy atom. The third-order valence-corrected chi connectivity index (χ3v) is 17.8. The minimum atomic E-state index is -1.99. The Hall–Kier alpha value is -3.81. The van der Waals surface area contributed by atoms with Crippen LogP contribution < -0.4 is 5.32 Å². The largest absolute Gasteiger partial charge is 0.394 e. The van der Waals surface area contributed by atoms with Gasteiger partial charge in [0.25, 0.3) is 0 Å². The molecule has 556 valence electrons. The highest BCUT2D eigenvalue weighted by Gasteiger charge is 2.53. The number of hydrogen-bond acceptors (Lipinski definition) is 18. The van der Waals surface area contributed by atoms with Crippen molar-refractivity contribution < 1.29 is 89.4 Å². The number of ether oxygens (including phenoxy) is 6. The molecular weight excluding hydrogens is 1240 g/mol. The standard InChI is InChI=1S/C78H131NO18/c1-3-5-7-9-11-13-15-17-19-21-22-23-24-25-26-27-28-29-30-31-32-33-34-35-36-37-38-40-42-44-46-48-50-52-54-56-66(84)79-61(62(83)55-53-51-49-47-45-43-41-39-20-18-16-14-12-10-8-6-4-2)60-92-76-72(90)69(87)74(64(58-81)94-76)97-78-73(91)70(88)75(65(59-82)95-78)96-77-71(89)68(86)67(85)63(57-80)93-77/h5,7,11,13,17,19,22-23,25-26,28-29,31-32,34-35,37-38,53,55,61-65,67-78,80-83,85-91H,3-4,6,8-10,12,14-16,18,20-21,24,27,30,33,36,39-52,54,56-60H2,1-2H3,(H,79,84)/b7-5-,13-11-,19-17-,23-22-,26-25-,29-28-,32-31-,35-34-,38-37-,55-53+. The molecule has 3 heterocycles. The molecule has 19 nitrogen and oxygen atoms in total. The Morgan fingerprint density at radius 1 is 0.381 bits per heavy atom. The second-order valence-electron chi connectivity index (χ2n) is 26.0. The predicted octanol–water partition coefficient (Wildman–Crippen LogP) is 11.2. The number of allylic oxidation sites excluding steroid dienone is 19. The summed E-state index contributed by atoms with van der Waals surface area (Å²) in [7, 11) is 0. The van der Waals surface area contributed by atoms with Crippen LogP contribution in [-0.4, -0.2) is 193 Å². The Kier molecular flexibility index (Phi) is 52.1. The molecule has 3 fully saturated rings. The first-order valence-electron chi connectivity index (χ1n) is 37.3. The molecule has 17 atom stereocenters. The van der Waals surface area contributed by atoms with Crippen LogP contribution in [0, 0.1) is 0 Å². The van der Waals surface area contributed by atoms with Crippen molar-refractivity contribution in [3.8, 4) is 0 Å². The van der Waals surface area contributed by atoms with E-state index in [0.717, 1.165) is 128 Å². The molecule has 0 aliphatic carbocycles. The monoisotopic (exact) mass is 1370 g/mol. The number of unbranched alkanes of at least 4 members (excludes halogenated alkanes) is 22. The lowest BCUT2D eigenvalue weighted by atomic mass is 9.96. The van der Waals surface area contributed by atoms with Gasteiger partial charge < -0.3 is 89.9 Å². The van der Waals surface area contributed by atoms with E-state index in [2.05, 4.69) is 129 Å². The van der Waals surface area contributed by atoms with Crippen LogP contribution in [0.15, 0.2) is 122 Å². The normalized spacial score (nSPS) is 27.6. The molecule has 0 aromatic rings. The van der Waals surface area contributed by atoms with E-state index in [-0.39, 0.29) is 18.9 Å². The van der Waals surface area contributed by atoms with Crippen LogP contribution in [0.2, 0.25) is 0 Å². The number of carbonyl (C=O) groups excluding carboxylic acids is 1. The zero-order valence-corrected chi connectivity index (χ0v) is 59.0. The molecule has 0 aromatic carbocycles. The van der Waals surface area contributed by atoms with Gasteiger partial charge in [-0.25, -0.2) is 0 Å². The van der Waals surface area contributed by atoms with E-state index in [1.165, 1.54) is 77.0 Å². The second-order valence-corrected chi connectivity index (χ2v) is 26.0. The number of rotatable bonds is 56. The number of hydrogen-bond donors (Lipinski definition) is 12. The Balaban J connectivity index is 1.39. The van der Waals surface area contributed by atoms with Gasteiger partial charge >= 0.3 is 0 Å². The maximum atomic E-state index is 13.4. The summed E-state index contributed by atoms with van der Waals surface area (Å²) in [5.74, 6) is -0.291. The molecule has 12 N–H and O–H groups in total. The smallest absolute Gasteiger partial charge is 0.220 e. The summed E-state index contributed by atoms with van der Waals surface area (Å²) in [5.41, 5.74) is 0. The van der Waals surface area contributed by atoms with Gasteiger partial charge in [0.15, 0.2) is 18.9 Å². The lowest BCUT2D eigenvalue weighted by molar-refractivity contribution is -0.379. The van der Waals surface area contributed by atoms with Crippen LogP contribution in [0.1, 0.15) is 232 Å². The van der Waals surface area contributed by atoms with Crippen molar-refractivity contribution in [3.63, 3.8) is 0 Å². The molecule has 17 unspecified atom stereocenters. The van der Waals surface area contributed by atoms with E-state index >= 15 is 0 Å². The van der Waals surface area contributed by atoms with Crippen molar-refractivity contribution in [2.45, 2.75) is 336 Å². The fourth-order valence-electron chi connectivity index (χ4n) is 11.8. The van der Waals surface area contributed by atoms with E-state index in [0.29, 0.717) is 6.42 Å². The van der Waals surface area contributed by atoms with E-state index in [1.54, 1.807) is 6.08 Å². The van der Waals surface area contributed by atoms with E-state index in [9.17, 15) is 61.0 Å². The fourth-order valence-corrected chi connectivity index (χ4v) is 11.8. The highest BCUT2D eigenvalue weighted by Crippen LogP contribution is 2.33. The number of aliphatic hydroxyl groups is 11. The molecule has 0 bridgehead atoms. The van der Waals surface area contributed by atoms with Gasteiger partial charge in [-0.15, -0.1) is 0 Å².